The van der Waals surface area contributed by atoms with Gasteiger partial charge < -0.3 is 19.7 Å². The third-order valence-corrected chi connectivity index (χ3v) is 3.04. The Morgan fingerprint density at radius 2 is 2.21 bits per heavy atom. The summed E-state index contributed by atoms with van der Waals surface area (Å²) in [4.78, 5) is 6.52. The standard InChI is InChI=1S/C14H21N3O2/c1-4-19-13-9-11(5-6-12(13)18-3)10-16-14-15-7-8-17(14)2/h5-6,9H,4,7-8,10H2,1-3H3,(H,15,16). The number of benzene rings is 1. The minimum atomic E-state index is 0.628. The van der Waals surface area contributed by atoms with Gasteiger partial charge in [-0.15, -0.1) is 0 Å². The van der Waals surface area contributed by atoms with Crippen molar-refractivity contribution in [2.24, 2.45) is 4.99 Å². The summed E-state index contributed by atoms with van der Waals surface area (Å²) in [6, 6.07) is 5.97. The molecular formula is C14H21N3O2. The fraction of sp³-hybridized carbons (Fsp3) is 0.500. The van der Waals surface area contributed by atoms with E-state index in [9.17, 15) is 0 Å². The summed E-state index contributed by atoms with van der Waals surface area (Å²) in [7, 11) is 3.69. The Morgan fingerprint density at radius 3 is 2.84 bits per heavy atom. The number of rotatable bonds is 5. The van der Waals surface area contributed by atoms with Crippen molar-refractivity contribution < 1.29 is 9.47 Å². The lowest BCUT2D eigenvalue weighted by Gasteiger charge is -2.16. The molecule has 2 rings (SSSR count). The van der Waals surface area contributed by atoms with Crippen LogP contribution in [0.15, 0.2) is 23.2 Å². The van der Waals surface area contributed by atoms with Gasteiger partial charge in [0.05, 0.1) is 20.3 Å². The summed E-state index contributed by atoms with van der Waals surface area (Å²) in [5.41, 5.74) is 1.15. The SMILES string of the molecule is CCOc1cc(CNC2=NCCN2C)ccc1OC. The fourth-order valence-corrected chi connectivity index (χ4v) is 2.00. The Bertz CT molecular complexity index is 460. The molecule has 1 aromatic carbocycles. The van der Waals surface area contributed by atoms with Gasteiger partial charge in [0.2, 0.25) is 0 Å². The van der Waals surface area contributed by atoms with E-state index in [1.54, 1.807) is 7.11 Å². The molecule has 1 heterocycles. The first-order chi connectivity index (χ1) is 9.24. The molecule has 0 fully saturated rings. The van der Waals surface area contributed by atoms with Crippen LogP contribution < -0.4 is 14.8 Å². The van der Waals surface area contributed by atoms with Crippen molar-refractivity contribution in [3.63, 3.8) is 0 Å². The molecule has 0 radical (unpaired) electrons. The van der Waals surface area contributed by atoms with Gasteiger partial charge in [0.1, 0.15) is 0 Å². The zero-order valence-corrected chi connectivity index (χ0v) is 11.8. The van der Waals surface area contributed by atoms with Gasteiger partial charge in [0.25, 0.3) is 0 Å². The Kier molecular flexibility index (Phi) is 4.49. The number of nitrogens with zero attached hydrogens (tertiary/aromatic N) is 2. The second kappa shape index (κ2) is 6.31. The van der Waals surface area contributed by atoms with Crippen LogP contribution in [0.3, 0.4) is 0 Å². The van der Waals surface area contributed by atoms with Gasteiger partial charge >= 0.3 is 0 Å². The molecule has 1 aromatic rings. The molecule has 1 aliphatic heterocycles. The number of nitrogens with one attached hydrogen (secondary N) is 1. The highest BCUT2D eigenvalue weighted by atomic mass is 16.5. The Hall–Kier alpha value is -1.91. The van der Waals surface area contributed by atoms with Crippen LogP contribution in [0, 0.1) is 0 Å². The zero-order chi connectivity index (χ0) is 13.7. The quantitative estimate of drug-likeness (QED) is 0.874. The number of aliphatic imine (C=N–C) groups is 1. The number of hydrogen-bond acceptors (Lipinski definition) is 5. The molecule has 0 saturated heterocycles. The van der Waals surface area contributed by atoms with E-state index in [0.29, 0.717) is 6.61 Å². The maximum atomic E-state index is 5.57. The molecule has 19 heavy (non-hydrogen) atoms. The Balaban J connectivity index is 2.02. The lowest BCUT2D eigenvalue weighted by molar-refractivity contribution is 0.310. The summed E-state index contributed by atoms with van der Waals surface area (Å²) < 4.78 is 10.8. The van der Waals surface area contributed by atoms with E-state index in [1.165, 1.54) is 0 Å². The number of guanidine groups is 1. The van der Waals surface area contributed by atoms with Gasteiger partial charge in [-0.1, -0.05) is 6.07 Å². The lowest BCUT2D eigenvalue weighted by Crippen LogP contribution is -2.35. The van der Waals surface area contributed by atoms with Crippen molar-refractivity contribution in [1.82, 2.24) is 10.2 Å². The van der Waals surface area contributed by atoms with Gasteiger partial charge in [-0.05, 0) is 24.6 Å². The highest BCUT2D eigenvalue weighted by molar-refractivity contribution is 5.81. The van der Waals surface area contributed by atoms with Crippen LogP contribution in [0.25, 0.3) is 0 Å². The molecule has 104 valence electrons. The number of methoxy groups -OCH3 is 1. The normalized spacial score (nSPS) is 14.3. The summed E-state index contributed by atoms with van der Waals surface area (Å²) in [6.45, 7) is 5.17. The molecular weight excluding hydrogens is 242 g/mol. The molecule has 0 atom stereocenters. The summed E-state index contributed by atoms with van der Waals surface area (Å²) in [5, 5.41) is 3.33. The molecule has 5 heteroatoms. The Morgan fingerprint density at radius 1 is 1.37 bits per heavy atom. The molecule has 1 aliphatic rings. The first-order valence-electron chi connectivity index (χ1n) is 6.53. The van der Waals surface area contributed by atoms with Gasteiger partial charge in [0, 0.05) is 20.1 Å². The lowest BCUT2D eigenvalue weighted by atomic mass is 10.2. The van der Waals surface area contributed by atoms with Crippen molar-refractivity contribution in [3.8, 4) is 11.5 Å². The maximum absolute atomic E-state index is 5.57. The molecule has 0 unspecified atom stereocenters. The molecule has 0 bridgehead atoms. The second-order valence-corrected chi connectivity index (χ2v) is 4.40. The highest BCUT2D eigenvalue weighted by Crippen LogP contribution is 2.27. The van der Waals surface area contributed by atoms with E-state index in [2.05, 4.69) is 15.2 Å². The number of hydrogen-bond donors (Lipinski definition) is 1. The van der Waals surface area contributed by atoms with Gasteiger partial charge in [-0.25, -0.2) is 0 Å². The fourth-order valence-electron chi connectivity index (χ4n) is 2.00. The van der Waals surface area contributed by atoms with E-state index in [4.69, 9.17) is 9.47 Å². The van der Waals surface area contributed by atoms with Crippen molar-refractivity contribution in [2.75, 3.05) is 33.9 Å². The van der Waals surface area contributed by atoms with Crippen LogP contribution >= 0.6 is 0 Å². The average Bonchev–Trinajstić information content (AvgIpc) is 2.82. The summed E-state index contributed by atoms with van der Waals surface area (Å²) in [5.74, 6) is 2.50. The van der Waals surface area contributed by atoms with Gasteiger partial charge in [-0.3, -0.25) is 4.99 Å². The maximum Gasteiger partial charge on any atom is 0.194 e. The number of likely N-dealkylation sites (N-methyl/N-ethyl adjacent to an activating group) is 1. The largest absolute Gasteiger partial charge is 0.493 e. The molecule has 0 saturated carbocycles. The second-order valence-electron chi connectivity index (χ2n) is 4.40. The van der Waals surface area contributed by atoms with E-state index in [1.807, 2.05) is 32.2 Å². The van der Waals surface area contributed by atoms with Crippen LogP contribution in [0.1, 0.15) is 12.5 Å². The molecule has 0 amide bonds. The highest BCUT2D eigenvalue weighted by Gasteiger charge is 2.12. The molecule has 0 spiro atoms. The van der Waals surface area contributed by atoms with E-state index >= 15 is 0 Å². The predicted octanol–water partition coefficient (Wildman–Crippen LogP) is 1.48. The Labute approximate surface area is 114 Å². The monoisotopic (exact) mass is 263 g/mol. The molecule has 5 nitrogen and oxygen atoms in total. The third kappa shape index (κ3) is 3.30. The van der Waals surface area contributed by atoms with Gasteiger partial charge in [-0.2, -0.15) is 0 Å². The minimum Gasteiger partial charge on any atom is -0.493 e. The van der Waals surface area contributed by atoms with Crippen LogP contribution in [0.5, 0.6) is 11.5 Å². The molecule has 0 aromatic heterocycles. The van der Waals surface area contributed by atoms with Crippen LogP contribution in [0.2, 0.25) is 0 Å². The van der Waals surface area contributed by atoms with E-state index in [-0.39, 0.29) is 0 Å². The van der Waals surface area contributed by atoms with Crippen molar-refractivity contribution in [3.05, 3.63) is 23.8 Å². The summed E-state index contributed by atoms with van der Waals surface area (Å²) >= 11 is 0. The topological polar surface area (TPSA) is 46.1 Å². The van der Waals surface area contributed by atoms with Crippen LogP contribution in [-0.4, -0.2) is 44.7 Å². The van der Waals surface area contributed by atoms with Crippen molar-refractivity contribution >= 4 is 5.96 Å². The molecule has 1 N–H and O–H groups in total. The van der Waals surface area contributed by atoms with E-state index in [0.717, 1.165) is 42.7 Å². The minimum absolute atomic E-state index is 0.628. The number of ether oxygens (including phenoxy) is 2. The zero-order valence-electron chi connectivity index (χ0n) is 11.8. The van der Waals surface area contributed by atoms with Crippen molar-refractivity contribution in [1.29, 1.82) is 0 Å². The van der Waals surface area contributed by atoms with Crippen LogP contribution in [-0.2, 0) is 6.54 Å². The van der Waals surface area contributed by atoms with Gasteiger partial charge in [0.15, 0.2) is 17.5 Å². The smallest absolute Gasteiger partial charge is 0.194 e. The van der Waals surface area contributed by atoms with Crippen molar-refractivity contribution in [2.45, 2.75) is 13.5 Å². The summed E-state index contributed by atoms with van der Waals surface area (Å²) in [6.07, 6.45) is 0. The predicted molar refractivity (Wildman–Crippen MR) is 75.9 cm³/mol. The third-order valence-electron chi connectivity index (χ3n) is 3.04. The first-order valence-corrected chi connectivity index (χ1v) is 6.53. The first kappa shape index (κ1) is 13.5. The molecule has 0 aliphatic carbocycles. The van der Waals surface area contributed by atoms with E-state index < -0.39 is 0 Å². The average molecular weight is 263 g/mol. The van der Waals surface area contributed by atoms with Crippen LogP contribution in [0.4, 0.5) is 0 Å².